The Morgan fingerprint density at radius 1 is 0.553 bits per heavy atom. The number of alkyl halides is 6. The Morgan fingerprint density at radius 2 is 0.988 bits per heavy atom. The number of nitrogens with zero attached hydrogens (tertiary/aromatic N) is 10. The molecule has 0 atom stereocenters. The zero-order valence-electron chi connectivity index (χ0n) is 48.4. The first kappa shape index (κ1) is 63.6. The first-order chi connectivity index (χ1) is 40.5. The molecule has 0 spiro atoms. The van der Waals surface area contributed by atoms with Crippen LogP contribution in [0.4, 0.5) is 67.1 Å². The van der Waals surface area contributed by atoms with Crippen LogP contribution in [0.15, 0.2) is 73.1 Å². The number of pyridine rings is 2. The molecule has 8 heterocycles. The Kier molecular flexibility index (Phi) is 21.5. The van der Waals surface area contributed by atoms with Gasteiger partial charge in [-0.25, -0.2) is 24.9 Å². The van der Waals surface area contributed by atoms with E-state index in [1.165, 1.54) is 12.1 Å². The summed E-state index contributed by atoms with van der Waals surface area (Å²) >= 11 is 5.98. The molecule has 0 amide bonds. The zero-order valence-corrected chi connectivity index (χ0v) is 49.1. The molecule has 460 valence electrons. The van der Waals surface area contributed by atoms with Crippen LogP contribution >= 0.6 is 11.6 Å². The number of piperidine rings is 2. The number of hydrogen-bond acceptors (Lipinski definition) is 20. The molecule has 0 unspecified atom stereocenters. The molecular formula is C58H73ClF6N14O6. The van der Waals surface area contributed by atoms with Gasteiger partial charge in [-0.3, -0.25) is 0 Å². The van der Waals surface area contributed by atoms with Crippen molar-refractivity contribution >= 4 is 52.3 Å². The van der Waals surface area contributed by atoms with Gasteiger partial charge in [-0.05, 0) is 89.8 Å². The molecule has 7 N–H and O–H groups in total. The number of nitrogen functional groups attached to an aromatic ring is 3. The lowest BCUT2D eigenvalue weighted by atomic mass is 10.1. The molecule has 85 heavy (non-hydrogen) atoms. The van der Waals surface area contributed by atoms with Gasteiger partial charge in [-0.2, -0.15) is 31.3 Å². The molecule has 4 fully saturated rings. The second-order valence-corrected chi connectivity index (χ2v) is 21.5. The predicted molar refractivity (Wildman–Crippen MR) is 315 cm³/mol. The number of morpholine rings is 2. The Labute approximate surface area is 495 Å². The molecule has 27 heteroatoms. The Morgan fingerprint density at radius 3 is 1.44 bits per heavy atom. The molecule has 10 rings (SSSR count). The summed E-state index contributed by atoms with van der Waals surface area (Å²) in [7, 11) is 3.21. The van der Waals surface area contributed by atoms with Gasteiger partial charge in [-0.15, -0.1) is 0 Å². The summed E-state index contributed by atoms with van der Waals surface area (Å²) in [6.07, 6.45) is -2.78. The number of likely N-dealkylation sites (tertiary alicyclic amines) is 2. The van der Waals surface area contributed by atoms with E-state index in [0.29, 0.717) is 99.1 Å². The van der Waals surface area contributed by atoms with Crippen molar-refractivity contribution in [2.45, 2.75) is 90.0 Å². The minimum Gasteiger partial charge on any atom is -0.493 e. The molecule has 2 aromatic carbocycles. The van der Waals surface area contributed by atoms with E-state index in [1.807, 2.05) is 29.2 Å². The first-order valence-electron chi connectivity index (χ1n) is 28.0. The van der Waals surface area contributed by atoms with E-state index in [4.69, 9.17) is 57.2 Å². The average Bonchev–Trinajstić information content (AvgIpc) is 2.34. The Bertz CT molecular complexity index is 3160. The van der Waals surface area contributed by atoms with Gasteiger partial charge in [0.1, 0.15) is 34.8 Å². The fourth-order valence-electron chi connectivity index (χ4n) is 9.96. The van der Waals surface area contributed by atoms with Crippen LogP contribution in [0, 0.1) is 0 Å². The maximum Gasteiger partial charge on any atom is 0.417 e. The first-order valence-corrected chi connectivity index (χ1v) is 28.4. The fourth-order valence-corrected chi connectivity index (χ4v) is 10.1. The number of aromatic nitrogens is 6. The van der Waals surface area contributed by atoms with Crippen molar-refractivity contribution in [1.82, 2.24) is 39.7 Å². The summed E-state index contributed by atoms with van der Waals surface area (Å²) < 4.78 is 116. The molecule has 0 radical (unpaired) electrons. The number of nitrogens with one attached hydrogen (secondary N) is 1. The highest BCUT2D eigenvalue weighted by Gasteiger charge is 2.37. The normalized spacial score (nSPS) is 16.7. The number of nitrogens with two attached hydrogens (primary N) is 3. The average molecular weight is 1210 g/mol. The van der Waals surface area contributed by atoms with E-state index in [2.05, 4.69) is 72.7 Å². The highest BCUT2D eigenvalue weighted by molar-refractivity contribution is 6.29. The van der Waals surface area contributed by atoms with E-state index in [1.54, 1.807) is 31.3 Å². The van der Waals surface area contributed by atoms with Gasteiger partial charge < -0.3 is 70.5 Å². The highest BCUT2D eigenvalue weighted by Crippen LogP contribution is 2.41. The standard InChI is InChI=1S/C29H36F3N7O3.C15H24N2O2.C14H13ClF3N5O/c1-18(2)38-8-6-20(7-9-38)42-24-5-4-19(14-25(24)40-3)35-27-16-23(36-28(37-27)39-10-12-41-13-11-39)21-17-34-26(33)15-22(21)29(30,31)32;1-11(2)17-8-6-13(7-9-17)19-14-5-4-12(16)10-15(14)18-3;15-11-6-10(21-13(22-11)23-1-3-24-4-2-23)8-7-20-12(19)5-9(8)14(16,17)18/h4-5,14-18,20H,6-13H2,1-3H3,(H2,33,34)(H,35,36,37);4-5,10-11,13H,6-9,16H2,1-3H3;5-7H,1-4H2,(H2,19,20). The fraction of sp³-hybridized carbons (Fsp3) is 0.483. The second-order valence-electron chi connectivity index (χ2n) is 21.1. The minimum atomic E-state index is -4.65. The number of anilines is 7. The molecule has 4 aromatic heterocycles. The zero-order chi connectivity index (χ0) is 61.0. The van der Waals surface area contributed by atoms with Gasteiger partial charge in [0, 0.05) is 124 Å². The molecule has 0 aliphatic carbocycles. The smallest absolute Gasteiger partial charge is 0.417 e. The lowest BCUT2D eigenvalue weighted by Gasteiger charge is -2.34. The number of rotatable bonds is 14. The van der Waals surface area contributed by atoms with Crippen LogP contribution in [0.2, 0.25) is 5.15 Å². The SMILES string of the molecule is COc1cc(N)ccc1OC1CCN(C(C)C)CC1.COc1cc(Nc2cc(-c3cnc(N)cc3C(F)(F)F)nc(N3CCOCC3)n2)ccc1OC1CCN(C(C)C)CC1.Nc1cc(C(F)(F)F)c(-c2cc(Cl)nc(N3CCOCC3)n2)cn1. The third-order valence-electron chi connectivity index (χ3n) is 14.6. The quantitative estimate of drug-likeness (QED) is 0.0451. The summed E-state index contributed by atoms with van der Waals surface area (Å²) in [5.41, 5.74) is 15.9. The highest BCUT2D eigenvalue weighted by atomic mass is 35.5. The van der Waals surface area contributed by atoms with Gasteiger partial charge in [0.05, 0.1) is 63.2 Å². The number of methoxy groups -OCH3 is 2. The number of benzene rings is 2. The molecule has 20 nitrogen and oxygen atoms in total. The minimum absolute atomic E-state index is 0.0383. The largest absolute Gasteiger partial charge is 0.493 e. The van der Waals surface area contributed by atoms with Crippen LogP contribution in [0.25, 0.3) is 22.5 Å². The van der Waals surface area contributed by atoms with Crippen molar-refractivity contribution in [3.63, 3.8) is 0 Å². The molecule has 6 aromatic rings. The van der Waals surface area contributed by atoms with Crippen molar-refractivity contribution in [3.8, 4) is 45.5 Å². The predicted octanol–water partition coefficient (Wildman–Crippen LogP) is 10.1. The number of hydrogen-bond donors (Lipinski definition) is 4. The summed E-state index contributed by atoms with van der Waals surface area (Å²) in [6, 6.07) is 16.4. The lowest BCUT2D eigenvalue weighted by Crippen LogP contribution is -2.41. The van der Waals surface area contributed by atoms with E-state index < -0.39 is 23.5 Å². The van der Waals surface area contributed by atoms with E-state index >= 15 is 0 Å². The van der Waals surface area contributed by atoms with Gasteiger partial charge in [0.15, 0.2) is 23.0 Å². The third-order valence-corrected chi connectivity index (χ3v) is 14.8. The van der Waals surface area contributed by atoms with Gasteiger partial charge in [0.25, 0.3) is 0 Å². The van der Waals surface area contributed by atoms with Gasteiger partial charge in [-0.1, -0.05) is 11.6 Å². The summed E-state index contributed by atoms with van der Waals surface area (Å²) in [5.74, 6) is 3.07. The molecule has 4 aliphatic heterocycles. The van der Waals surface area contributed by atoms with Crippen LogP contribution in [0.5, 0.6) is 23.0 Å². The van der Waals surface area contributed by atoms with Crippen molar-refractivity contribution in [3.05, 3.63) is 89.3 Å². The summed E-state index contributed by atoms with van der Waals surface area (Å²) in [6.45, 7) is 17.0. The molecular weight excluding hydrogens is 1140 g/mol. The van der Waals surface area contributed by atoms with E-state index in [0.717, 1.165) is 82.1 Å². The third kappa shape index (κ3) is 17.4. The molecule has 0 bridgehead atoms. The van der Waals surface area contributed by atoms with Crippen molar-refractivity contribution in [2.24, 2.45) is 0 Å². The monoisotopic (exact) mass is 1210 g/mol. The molecule has 4 aliphatic rings. The topological polar surface area (TPSA) is 236 Å². The Hall–Kier alpha value is -7.39. The number of halogens is 7. The summed E-state index contributed by atoms with van der Waals surface area (Å²) in [4.78, 5) is 33.7. The van der Waals surface area contributed by atoms with Crippen molar-refractivity contribution in [2.75, 3.05) is 125 Å². The lowest BCUT2D eigenvalue weighted by molar-refractivity contribution is -0.137. The maximum atomic E-state index is 14.0. The van der Waals surface area contributed by atoms with Gasteiger partial charge in [0.2, 0.25) is 11.9 Å². The van der Waals surface area contributed by atoms with Crippen molar-refractivity contribution < 1.29 is 54.8 Å². The van der Waals surface area contributed by atoms with Crippen LogP contribution in [-0.2, 0) is 21.8 Å². The van der Waals surface area contributed by atoms with Crippen LogP contribution in [-0.4, -0.2) is 157 Å². The van der Waals surface area contributed by atoms with Crippen LogP contribution in [0.1, 0.15) is 64.5 Å². The van der Waals surface area contributed by atoms with Crippen LogP contribution < -0.4 is 51.3 Å². The maximum absolute atomic E-state index is 14.0. The van der Waals surface area contributed by atoms with Gasteiger partial charge >= 0.3 is 12.4 Å². The Balaban J connectivity index is 0.000000184. The van der Waals surface area contributed by atoms with Crippen LogP contribution in [0.3, 0.4) is 0 Å². The summed E-state index contributed by atoms with van der Waals surface area (Å²) in [5, 5.41) is 3.26. The second kappa shape index (κ2) is 28.7. The van der Waals surface area contributed by atoms with E-state index in [9.17, 15) is 26.3 Å². The molecule has 0 saturated carbocycles. The number of ether oxygens (including phenoxy) is 6. The van der Waals surface area contributed by atoms with E-state index in [-0.39, 0.29) is 63.4 Å². The molecule has 4 saturated heterocycles. The van der Waals surface area contributed by atoms with Crippen molar-refractivity contribution in [1.29, 1.82) is 0 Å².